The first kappa shape index (κ1) is 15.3. The molecule has 8 nitrogen and oxygen atoms in total. The van der Waals surface area contributed by atoms with E-state index >= 15 is 0 Å². The van der Waals surface area contributed by atoms with Gasteiger partial charge in [0, 0.05) is 13.1 Å². The highest BCUT2D eigenvalue weighted by Gasteiger charge is 2.25. The van der Waals surface area contributed by atoms with Gasteiger partial charge in [-0.1, -0.05) is 0 Å². The second kappa shape index (κ2) is 6.10. The first-order valence-electron chi connectivity index (χ1n) is 6.01. The highest BCUT2D eigenvalue weighted by Crippen LogP contribution is 2.30. The first-order chi connectivity index (χ1) is 9.98. The molecule has 0 fully saturated rings. The van der Waals surface area contributed by atoms with Crippen molar-refractivity contribution < 1.29 is 17.9 Å². The van der Waals surface area contributed by atoms with Crippen LogP contribution < -0.4 is 9.47 Å². The number of rotatable bonds is 6. The summed E-state index contributed by atoms with van der Waals surface area (Å²) < 4.78 is 36.5. The quantitative estimate of drug-likeness (QED) is 0.841. The average Bonchev–Trinajstić information content (AvgIpc) is 2.99. The van der Waals surface area contributed by atoms with Crippen LogP contribution >= 0.6 is 0 Å². The van der Waals surface area contributed by atoms with Gasteiger partial charge in [0.05, 0.1) is 20.8 Å². The van der Waals surface area contributed by atoms with Crippen LogP contribution in [0.1, 0.15) is 5.82 Å². The summed E-state index contributed by atoms with van der Waals surface area (Å²) in [7, 11) is 0.648. The number of benzene rings is 1. The highest BCUT2D eigenvalue weighted by molar-refractivity contribution is 7.89. The normalized spacial score (nSPS) is 11.6. The minimum Gasteiger partial charge on any atom is -0.497 e. The minimum atomic E-state index is -3.72. The number of H-pyrrole nitrogens is 1. The fraction of sp³-hybridized carbons (Fsp3) is 0.333. The van der Waals surface area contributed by atoms with E-state index in [1.165, 1.54) is 39.7 Å². The molecule has 1 aromatic heterocycles. The summed E-state index contributed by atoms with van der Waals surface area (Å²) in [4.78, 5) is 3.97. The third-order valence-electron chi connectivity index (χ3n) is 2.90. The summed E-state index contributed by atoms with van der Waals surface area (Å²) in [6, 6.07) is 4.54. The van der Waals surface area contributed by atoms with Crippen molar-refractivity contribution in [3.05, 3.63) is 30.4 Å². The monoisotopic (exact) mass is 312 g/mol. The number of hydrogen-bond donors (Lipinski definition) is 1. The van der Waals surface area contributed by atoms with Gasteiger partial charge in [0.15, 0.2) is 0 Å². The Balaban J connectivity index is 2.34. The Morgan fingerprint density at radius 1 is 1.29 bits per heavy atom. The fourth-order valence-corrected chi connectivity index (χ4v) is 3.02. The minimum absolute atomic E-state index is 0.0628. The van der Waals surface area contributed by atoms with Crippen molar-refractivity contribution in [3.8, 4) is 11.5 Å². The molecule has 1 N–H and O–H groups in total. The van der Waals surface area contributed by atoms with Gasteiger partial charge in [-0.2, -0.15) is 9.40 Å². The first-order valence-corrected chi connectivity index (χ1v) is 7.45. The maximum absolute atomic E-state index is 12.6. The third-order valence-corrected chi connectivity index (χ3v) is 4.74. The van der Waals surface area contributed by atoms with E-state index in [-0.39, 0.29) is 17.2 Å². The second-order valence-corrected chi connectivity index (χ2v) is 6.22. The predicted octanol–water partition coefficient (Wildman–Crippen LogP) is 0.643. The fourth-order valence-electron chi connectivity index (χ4n) is 1.76. The number of hydrogen-bond acceptors (Lipinski definition) is 6. The lowest BCUT2D eigenvalue weighted by Gasteiger charge is -2.18. The van der Waals surface area contributed by atoms with E-state index in [9.17, 15) is 8.42 Å². The summed E-state index contributed by atoms with van der Waals surface area (Å²) in [5, 5.41) is 6.31. The van der Waals surface area contributed by atoms with E-state index in [4.69, 9.17) is 9.47 Å². The van der Waals surface area contributed by atoms with Crippen LogP contribution in [0.25, 0.3) is 0 Å². The molecule has 0 unspecified atom stereocenters. The van der Waals surface area contributed by atoms with Crippen LogP contribution in [0.5, 0.6) is 11.5 Å². The largest absolute Gasteiger partial charge is 0.497 e. The summed E-state index contributed by atoms with van der Waals surface area (Å²) >= 11 is 0. The van der Waals surface area contributed by atoms with Crippen molar-refractivity contribution in [2.75, 3.05) is 21.3 Å². The molecular formula is C12H16N4O4S. The molecular weight excluding hydrogens is 296 g/mol. The average molecular weight is 312 g/mol. The van der Waals surface area contributed by atoms with E-state index in [0.29, 0.717) is 11.6 Å². The summed E-state index contributed by atoms with van der Waals surface area (Å²) in [5.74, 6) is 1.19. The summed E-state index contributed by atoms with van der Waals surface area (Å²) in [6.07, 6.45) is 1.32. The Morgan fingerprint density at radius 2 is 2.05 bits per heavy atom. The van der Waals surface area contributed by atoms with Gasteiger partial charge in [0.1, 0.15) is 28.5 Å². The van der Waals surface area contributed by atoms with Crippen LogP contribution in [0.15, 0.2) is 29.4 Å². The van der Waals surface area contributed by atoms with E-state index in [2.05, 4.69) is 15.2 Å². The molecule has 2 aromatic rings. The molecule has 0 amide bonds. The molecule has 1 heterocycles. The molecule has 0 aliphatic rings. The van der Waals surface area contributed by atoms with Crippen molar-refractivity contribution in [2.24, 2.45) is 0 Å². The molecule has 0 radical (unpaired) electrons. The van der Waals surface area contributed by atoms with E-state index in [1.807, 2.05) is 0 Å². The molecule has 114 valence electrons. The van der Waals surface area contributed by atoms with Crippen LogP contribution in [0, 0.1) is 0 Å². The van der Waals surface area contributed by atoms with Gasteiger partial charge < -0.3 is 9.47 Å². The molecule has 0 saturated carbocycles. The molecule has 9 heteroatoms. The molecule has 0 aliphatic heterocycles. The SMILES string of the molecule is COc1ccc(S(=O)(=O)N(C)Cc2ncn[nH]2)c(OC)c1. The van der Waals surface area contributed by atoms with Crippen LogP contribution in [-0.2, 0) is 16.6 Å². The van der Waals surface area contributed by atoms with Gasteiger partial charge in [0.25, 0.3) is 0 Å². The maximum Gasteiger partial charge on any atom is 0.246 e. The van der Waals surface area contributed by atoms with Crippen LogP contribution in [-0.4, -0.2) is 49.2 Å². The second-order valence-electron chi connectivity index (χ2n) is 4.21. The highest BCUT2D eigenvalue weighted by atomic mass is 32.2. The summed E-state index contributed by atoms with van der Waals surface area (Å²) in [6.45, 7) is 0.0809. The number of nitrogens with zero attached hydrogens (tertiary/aromatic N) is 3. The van der Waals surface area contributed by atoms with E-state index in [1.54, 1.807) is 6.07 Å². The molecule has 0 saturated heterocycles. The molecule has 0 aliphatic carbocycles. The topological polar surface area (TPSA) is 97.4 Å². The van der Waals surface area contributed by atoms with Crippen LogP contribution in [0.2, 0.25) is 0 Å². The Morgan fingerprint density at radius 3 is 2.62 bits per heavy atom. The Hall–Kier alpha value is -2.13. The Labute approximate surface area is 122 Å². The molecule has 21 heavy (non-hydrogen) atoms. The lowest BCUT2D eigenvalue weighted by Crippen LogP contribution is -2.27. The van der Waals surface area contributed by atoms with Gasteiger partial charge in [-0.15, -0.1) is 0 Å². The zero-order chi connectivity index (χ0) is 15.5. The van der Waals surface area contributed by atoms with Gasteiger partial charge in [0.2, 0.25) is 10.0 Å². The molecule has 0 spiro atoms. The molecule has 0 atom stereocenters. The smallest absolute Gasteiger partial charge is 0.246 e. The Kier molecular flexibility index (Phi) is 4.43. The molecule has 1 aromatic carbocycles. The number of nitrogens with one attached hydrogen (secondary N) is 1. The van der Waals surface area contributed by atoms with Crippen molar-refractivity contribution in [1.29, 1.82) is 0 Å². The Bertz CT molecular complexity index is 700. The van der Waals surface area contributed by atoms with Gasteiger partial charge in [-0.25, -0.2) is 13.4 Å². The number of ether oxygens (including phenoxy) is 2. The molecule has 2 rings (SSSR count). The maximum atomic E-state index is 12.6. The van der Waals surface area contributed by atoms with Crippen LogP contribution in [0.3, 0.4) is 0 Å². The van der Waals surface area contributed by atoms with Crippen LogP contribution in [0.4, 0.5) is 0 Å². The zero-order valence-corrected chi connectivity index (χ0v) is 12.7. The van der Waals surface area contributed by atoms with Gasteiger partial charge >= 0.3 is 0 Å². The van der Waals surface area contributed by atoms with Crippen molar-refractivity contribution in [2.45, 2.75) is 11.4 Å². The molecule has 0 bridgehead atoms. The number of aromatic amines is 1. The zero-order valence-electron chi connectivity index (χ0n) is 11.9. The lowest BCUT2D eigenvalue weighted by atomic mass is 10.3. The van der Waals surface area contributed by atoms with E-state index in [0.717, 1.165) is 4.31 Å². The van der Waals surface area contributed by atoms with Gasteiger partial charge in [-0.3, -0.25) is 5.10 Å². The third kappa shape index (κ3) is 3.14. The van der Waals surface area contributed by atoms with Crippen molar-refractivity contribution >= 4 is 10.0 Å². The summed E-state index contributed by atoms with van der Waals surface area (Å²) in [5.41, 5.74) is 0. The number of sulfonamides is 1. The standard InChI is InChI=1S/C12H16N4O4S/c1-16(7-12-13-8-14-15-12)21(17,18)11-5-4-9(19-2)6-10(11)20-3/h4-6,8H,7H2,1-3H3,(H,13,14,15). The van der Waals surface area contributed by atoms with E-state index < -0.39 is 10.0 Å². The number of methoxy groups -OCH3 is 2. The van der Waals surface area contributed by atoms with Gasteiger partial charge in [-0.05, 0) is 12.1 Å². The van der Waals surface area contributed by atoms with Crippen molar-refractivity contribution in [1.82, 2.24) is 19.5 Å². The lowest BCUT2D eigenvalue weighted by molar-refractivity contribution is 0.382. The number of aromatic nitrogens is 3. The van der Waals surface area contributed by atoms with Crippen molar-refractivity contribution in [3.63, 3.8) is 0 Å². The predicted molar refractivity (Wildman–Crippen MR) is 74.6 cm³/mol.